The molecule has 36 heavy (non-hydrogen) atoms. The van der Waals surface area contributed by atoms with E-state index in [0.29, 0.717) is 22.5 Å². The first-order valence-corrected chi connectivity index (χ1v) is 12.2. The van der Waals surface area contributed by atoms with E-state index in [4.69, 9.17) is 32.1 Å². The van der Waals surface area contributed by atoms with E-state index in [9.17, 15) is 0 Å². The zero-order valence-electron chi connectivity index (χ0n) is 20.3. The molecule has 0 radical (unpaired) electrons. The Hall–Kier alpha value is -3.75. The summed E-state index contributed by atoms with van der Waals surface area (Å²) in [6.07, 6.45) is 5.37. The molecule has 1 saturated heterocycles. The van der Waals surface area contributed by atoms with Gasteiger partial charge in [-0.3, -0.25) is 15.4 Å². The van der Waals surface area contributed by atoms with Crippen LogP contribution in [0.15, 0.2) is 60.8 Å². The van der Waals surface area contributed by atoms with Crippen molar-refractivity contribution in [3.05, 3.63) is 71.4 Å². The van der Waals surface area contributed by atoms with E-state index in [1.165, 1.54) is 4.57 Å². The average Bonchev–Trinajstić information content (AvgIpc) is 2.92. The van der Waals surface area contributed by atoms with Crippen molar-refractivity contribution in [2.75, 3.05) is 37.0 Å². The van der Waals surface area contributed by atoms with Gasteiger partial charge in [0.1, 0.15) is 11.6 Å². The fraction of sp³-hybridized carbons (Fsp3) is 0.259. The fourth-order valence-electron chi connectivity index (χ4n) is 4.69. The van der Waals surface area contributed by atoms with Crippen molar-refractivity contribution in [2.24, 2.45) is 0 Å². The highest BCUT2D eigenvalue weighted by Crippen LogP contribution is 2.32. The minimum atomic E-state index is -0.0351. The van der Waals surface area contributed by atoms with E-state index >= 15 is 0 Å². The topological polar surface area (TPSA) is 94.1 Å². The molecule has 2 aromatic heterocycles. The minimum Gasteiger partial charge on any atom is -0.381 e. The number of nitrogens with one attached hydrogen (secondary N) is 2. The van der Waals surface area contributed by atoms with Crippen LogP contribution in [0.4, 0.5) is 17.3 Å². The third kappa shape index (κ3) is 4.57. The molecule has 0 atom stereocenters. The smallest absolute Gasteiger partial charge is 0.229 e. The van der Waals surface area contributed by atoms with E-state index in [1.807, 2.05) is 36.3 Å². The molecule has 0 spiro atoms. The maximum absolute atomic E-state index is 8.34. The third-order valence-corrected chi connectivity index (χ3v) is 7.00. The zero-order chi connectivity index (χ0) is 25.2. The second kappa shape index (κ2) is 10.1. The van der Waals surface area contributed by atoms with Gasteiger partial charge in [0.2, 0.25) is 5.62 Å². The summed E-state index contributed by atoms with van der Waals surface area (Å²) >= 11 is 6.21. The van der Waals surface area contributed by atoms with Gasteiger partial charge in [-0.1, -0.05) is 23.7 Å². The standard InChI is InChI=1S/C27H28ClN7O/c1-33(26-23-8-7-20(28)15-24(23)35(17-29)27(30)32-26)21-5-3-4-18(14-21)19-6-9-25(31-16-19)34-12-10-22(36-2)11-13-34/h3-9,14-17,22,29-30H,10-13H2,1-2H3. The predicted octanol–water partition coefficient (Wildman–Crippen LogP) is 5.07. The van der Waals surface area contributed by atoms with Crippen LogP contribution < -0.4 is 15.4 Å². The van der Waals surface area contributed by atoms with Gasteiger partial charge >= 0.3 is 0 Å². The van der Waals surface area contributed by atoms with Crippen molar-refractivity contribution in [3.8, 4) is 11.1 Å². The van der Waals surface area contributed by atoms with Crippen LogP contribution in [-0.4, -0.2) is 54.2 Å². The van der Waals surface area contributed by atoms with E-state index in [-0.39, 0.29) is 5.62 Å². The summed E-state index contributed by atoms with van der Waals surface area (Å²) in [5.74, 6) is 1.61. The molecule has 0 amide bonds. The first-order chi connectivity index (χ1) is 17.5. The van der Waals surface area contributed by atoms with Gasteiger partial charge in [-0.15, -0.1) is 0 Å². The van der Waals surface area contributed by atoms with Crippen LogP contribution in [0.2, 0.25) is 5.02 Å². The highest BCUT2D eigenvalue weighted by atomic mass is 35.5. The lowest BCUT2D eigenvalue weighted by atomic mass is 10.1. The number of pyridine rings is 1. The van der Waals surface area contributed by atoms with Crippen LogP contribution >= 0.6 is 11.6 Å². The van der Waals surface area contributed by atoms with Gasteiger partial charge in [0.15, 0.2) is 0 Å². The Morgan fingerprint density at radius 3 is 2.58 bits per heavy atom. The first-order valence-electron chi connectivity index (χ1n) is 11.8. The van der Waals surface area contributed by atoms with Crippen molar-refractivity contribution in [1.29, 1.82) is 10.8 Å². The second-order valence-corrected chi connectivity index (χ2v) is 9.29. The van der Waals surface area contributed by atoms with Crippen LogP contribution in [0.3, 0.4) is 0 Å². The lowest BCUT2D eigenvalue weighted by molar-refractivity contribution is 0.0818. The van der Waals surface area contributed by atoms with Gasteiger partial charge in [0.25, 0.3) is 0 Å². The van der Waals surface area contributed by atoms with Crippen molar-refractivity contribution in [2.45, 2.75) is 18.9 Å². The SMILES string of the molecule is COC1CCN(c2ccc(-c3cccc(N(C)c4nc(=N)n(C=N)c5cc(Cl)ccc45)c3)cn2)CC1. The quantitative estimate of drug-likeness (QED) is 0.284. The van der Waals surface area contributed by atoms with E-state index < -0.39 is 0 Å². The third-order valence-electron chi connectivity index (χ3n) is 6.76. The molecule has 9 heteroatoms. The number of anilines is 3. The summed E-state index contributed by atoms with van der Waals surface area (Å²) in [5.41, 5.74) is 3.62. The zero-order valence-corrected chi connectivity index (χ0v) is 21.0. The molecular formula is C27H28ClN7O. The van der Waals surface area contributed by atoms with Crippen LogP contribution in [0.5, 0.6) is 0 Å². The van der Waals surface area contributed by atoms with Gasteiger partial charge in [-0.25, -0.2) is 4.98 Å². The summed E-state index contributed by atoms with van der Waals surface area (Å²) in [4.78, 5) is 13.5. The van der Waals surface area contributed by atoms with Crippen LogP contribution in [0.25, 0.3) is 22.0 Å². The Morgan fingerprint density at radius 2 is 1.89 bits per heavy atom. The lowest BCUT2D eigenvalue weighted by Crippen LogP contribution is -2.37. The molecule has 0 bridgehead atoms. The molecular weight excluding hydrogens is 474 g/mol. The van der Waals surface area contributed by atoms with Crippen LogP contribution in [0, 0.1) is 10.8 Å². The summed E-state index contributed by atoms with van der Waals surface area (Å²) in [6, 6.07) is 17.8. The van der Waals surface area contributed by atoms with Crippen molar-refractivity contribution in [1.82, 2.24) is 14.5 Å². The molecule has 4 aromatic rings. The normalized spacial score (nSPS) is 14.2. The Kier molecular flexibility index (Phi) is 6.71. The number of nitrogens with zero attached hydrogens (tertiary/aromatic N) is 5. The first kappa shape index (κ1) is 24.0. The van der Waals surface area contributed by atoms with Crippen LogP contribution in [0.1, 0.15) is 12.8 Å². The molecule has 0 saturated carbocycles. The summed E-state index contributed by atoms with van der Waals surface area (Å²) in [7, 11) is 3.71. The largest absolute Gasteiger partial charge is 0.381 e. The van der Waals surface area contributed by atoms with Gasteiger partial charge in [-0.05, 0) is 60.9 Å². The lowest BCUT2D eigenvalue weighted by Gasteiger charge is -2.32. The number of piperidine rings is 1. The number of rotatable bonds is 6. The molecule has 1 fully saturated rings. The van der Waals surface area contributed by atoms with Gasteiger partial charge < -0.3 is 14.5 Å². The van der Waals surface area contributed by atoms with Crippen molar-refractivity contribution < 1.29 is 4.74 Å². The predicted molar refractivity (Wildman–Crippen MR) is 145 cm³/mol. The average molecular weight is 502 g/mol. The number of fused-ring (bicyclic) bond motifs is 1. The monoisotopic (exact) mass is 501 g/mol. The van der Waals surface area contributed by atoms with Crippen molar-refractivity contribution in [3.63, 3.8) is 0 Å². The Balaban J connectivity index is 1.44. The van der Waals surface area contributed by atoms with E-state index in [1.54, 1.807) is 19.2 Å². The fourth-order valence-corrected chi connectivity index (χ4v) is 4.86. The maximum atomic E-state index is 8.34. The second-order valence-electron chi connectivity index (χ2n) is 8.86. The number of aromatic nitrogens is 3. The highest BCUT2D eigenvalue weighted by Gasteiger charge is 2.20. The molecule has 0 aliphatic carbocycles. The summed E-state index contributed by atoms with van der Waals surface area (Å²) in [6.45, 7) is 1.90. The highest BCUT2D eigenvalue weighted by molar-refractivity contribution is 6.31. The van der Waals surface area contributed by atoms with Gasteiger partial charge in [0, 0.05) is 55.1 Å². The molecule has 1 aliphatic heterocycles. The molecule has 8 nitrogen and oxygen atoms in total. The Morgan fingerprint density at radius 1 is 1.08 bits per heavy atom. The van der Waals surface area contributed by atoms with Crippen LogP contribution in [-0.2, 0) is 4.74 Å². The van der Waals surface area contributed by atoms with Gasteiger partial charge in [-0.2, -0.15) is 4.98 Å². The van der Waals surface area contributed by atoms with E-state index in [2.05, 4.69) is 34.1 Å². The molecule has 3 heterocycles. The molecule has 0 unspecified atom stereocenters. The molecule has 2 aromatic carbocycles. The number of hydrogen-bond acceptors (Lipinski definition) is 7. The molecule has 1 aliphatic rings. The molecule has 184 valence electrons. The Labute approximate surface area is 214 Å². The molecule has 2 N–H and O–H groups in total. The summed E-state index contributed by atoms with van der Waals surface area (Å²) < 4.78 is 6.88. The Bertz CT molecular complexity index is 1460. The number of methoxy groups -OCH3 is 1. The molecule has 5 rings (SSSR count). The number of halogens is 1. The van der Waals surface area contributed by atoms with Gasteiger partial charge in [0.05, 0.1) is 18.0 Å². The number of ether oxygens (including phenoxy) is 1. The maximum Gasteiger partial charge on any atom is 0.229 e. The van der Waals surface area contributed by atoms with E-state index in [0.717, 1.165) is 60.3 Å². The summed E-state index contributed by atoms with van der Waals surface area (Å²) in [5, 5.41) is 17.4. The number of hydrogen-bond donors (Lipinski definition) is 2. The minimum absolute atomic E-state index is 0.0351. The van der Waals surface area contributed by atoms with Crippen molar-refractivity contribution >= 4 is 46.2 Å². The number of benzene rings is 2.